The van der Waals surface area contributed by atoms with Gasteiger partial charge in [0, 0.05) is 18.4 Å². The maximum atomic E-state index is 10.0. The first-order chi connectivity index (χ1) is 6.20. The first-order valence-corrected chi connectivity index (χ1v) is 5.26. The number of non-ortho nitro benzene ring substituents is 1. The molecular formula is C7H10N2O3S. The number of nitrogens with one attached hydrogen (secondary N) is 1. The summed E-state index contributed by atoms with van der Waals surface area (Å²) >= 11 is -0.120. The van der Waals surface area contributed by atoms with Crippen LogP contribution in [0.3, 0.4) is 0 Å². The van der Waals surface area contributed by atoms with Crippen molar-refractivity contribution in [1.82, 2.24) is 4.89 Å². The molecule has 0 aromatic heterocycles. The maximum absolute atomic E-state index is 10.0. The lowest BCUT2D eigenvalue weighted by Gasteiger charge is -1.85. The van der Waals surface area contributed by atoms with E-state index < -0.39 is 4.92 Å². The third-order valence-corrected chi connectivity index (χ3v) is 1.79. The number of nitrogens with zero attached hydrogens (tertiary/aromatic N) is 1. The van der Waals surface area contributed by atoms with Crippen molar-refractivity contribution in [3.8, 4) is 0 Å². The molecule has 1 aromatic carbocycles. The smallest absolute Gasteiger partial charge is 0.258 e. The van der Waals surface area contributed by atoms with Gasteiger partial charge >= 0.3 is 0 Å². The van der Waals surface area contributed by atoms with Crippen LogP contribution >= 0.6 is 11.4 Å². The summed E-state index contributed by atoms with van der Waals surface area (Å²) in [5, 5.41) is 10.0. The van der Waals surface area contributed by atoms with Gasteiger partial charge in [-0.1, -0.05) is 18.2 Å². The molecule has 1 saturated heterocycles. The van der Waals surface area contributed by atoms with E-state index in [1.54, 1.807) is 18.2 Å². The van der Waals surface area contributed by atoms with Gasteiger partial charge in [-0.2, -0.15) is 0 Å². The van der Waals surface area contributed by atoms with Gasteiger partial charge in [-0.15, -0.1) is 4.89 Å². The first kappa shape index (κ1) is 9.97. The van der Waals surface area contributed by atoms with Crippen LogP contribution in [0.15, 0.2) is 30.3 Å². The summed E-state index contributed by atoms with van der Waals surface area (Å²) in [6.45, 7) is 0. The molecule has 6 heteroatoms. The molecule has 13 heavy (non-hydrogen) atoms. The lowest BCUT2D eigenvalue weighted by molar-refractivity contribution is -0.384. The van der Waals surface area contributed by atoms with Crippen molar-refractivity contribution in [2.75, 3.05) is 6.26 Å². The van der Waals surface area contributed by atoms with Crippen LogP contribution in [0.1, 0.15) is 0 Å². The highest BCUT2D eigenvalue weighted by Crippen LogP contribution is 2.28. The van der Waals surface area contributed by atoms with E-state index in [-0.39, 0.29) is 17.0 Å². The summed E-state index contributed by atoms with van der Waals surface area (Å²) in [5.74, 6) is 0. The van der Waals surface area contributed by atoms with Crippen LogP contribution < -0.4 is 4.89 Å². The monoisotopic (exact) mass is 202 g/mol. The quantitative estimate of drug-likeness (QED) is 0.313. The number of hydrogen-bond donors (Lipinski definition) is 2. The molecule has 1 N–H and O–H groups in total. The van der Waals surface area contributed by atoms with Crippen molar-refractivity contribution >= 4 is 17.0 Å². The minimum Gasteiger partial charge on any atom is -0.258 e. The normalized spacial score (nSPS) is 21.2. The molecule has 72 valence electrons. The Morgan fingerprint density at radius 1 is 1.46 bits per heavy atom. The Balaban J connectivity index is 0.000000175. The van der Waals surface area contributed by atoms with Crippen molar-refractivity contribution in [2.45, 2.75) is 0 Å². The zero-order chi connectivity index (χ0) is 9.68. The molecule has 0 saturated carbocycles. The molecular weight excluding hydrogens is 192 g/mol. The topological polar surface area (TPSA) is 77.6 Å². The van der Waals surface area contributed by atoms with Crippen LogP contribution in [-0.2, 0) is 4.28 Å². The summed E-state index contributed by atoms with van der Waals surface area (Å²) < 4.78 is 4.52. The Bertz CT molecular complexity index is 276. The van der Waals surface area contributed by atoms with E-state index in [1.165, 1.54) is 12.1 Å². The van der Waals surface area contributed by atoms with Gasteiger partial charge in [-0.25, -0.2) is 4.28 Å². The Labute approximate surface area is 78.5 Å². The third-order valence-electron chi connectivity index (χ3n) is 1.24. The molecule has 0 bridgehead atoms. The van der Waals surface area contributed by atoms with Crippen LogP contribution in [0.4, 0.5) is 5.69 Å². The van der Waals surface area contributed by atoms with Gasteiger partial charge in [0.1, 0.15) is 0 Å². The summed E-state index contributed by atoms with van der Waals surface area (Å²) in [5.41, 5.74) is 0.137. The Morgan fingerprint density at radius 2 is 1.92 bits per heavy atom. The Hall–Kier alpha value is -1.11. The van der Waals surface area contributed by atoms with Gasteiger partial charge in [0.05, 0.1) is 4.92 Å². The lowest BCUT2D eigenvalue weighted by atomic mass is 10.3. The average molecular weight is 202 g/mol. The summed E-state index contributed by atoms with van der Waals surface area (Å²) in [6, 6.07) is 7.93. The molecule has 1 unspecified atom stereocenters. The highest BCUT2D eigenvalue weighted by atomic mass is 32.2. The van der Waals surface area contributed by atoms with Crippen molar-refractivity contribution in [3.63, 3.8) is 0 Å². The predicted octanol–water partition coefficient (Wildman–Crippen LogP) is 1.58. The van der Waals surface area contributed by atoms with Crippen molar-refractivity contribution < 1.29 is 9.21 Å². The number of benzene rings is 1. The van der Waals surface area contributed by atoms with E-state index in [0.717, 1.165) is 0 Å². The second-order valence-corrected chi connectivity index (χ2v) is 3.63. The van der Waals surface area contributed by atoms with E-state index >= 15 is 0 Å². The Morgan fingerprint density at radius 3 is 2.15 bits per heavy atom. The molecule has 0 spiro atoms. The highest BCUT2D eigenvalue weighted by molar-refractivity contribution is 8.14. The van der Waals surface area contributed by atoms with Crippen LogP contribution in [0.2, 0.25) is 0 Å². The van der Waals surface area contributed by atoms with Gasteiger partial charge in [0.15, 0.2) is 0 Å². The van der Waals surface area contributed by atoms with Crippen LogP contribution in [0.25, 0.3) is 0 Å². The number of nitro groups is 1. The van der Waals surface area contributed by atoms with Crippen molar-refractivity contribution in [1.29, 1.82) is 0 Å². The summed E-state index contributed by atoms with van der Waals surface area (Å²) in [6.07, 6.45) is 2.01. The zero-order valence-electron chi connectivity index (χ0n) is 7.01. The van der Waals surface area contributed by atoms with Crippen LogP contribution in [0.5, 0.6) is 0 Å². The van der Waals surface area contributed by atoms with Gasteiger partial charge in [0.25, 0.3) is 5.69 Å². The molecule has 1 atom stereocenters. The molecule has 5 nitrogen and oxygen atoms in total. The molecule has 1 aliphatic heterocycles. The second kappa shape index (κ2) is 4.80. The van der Waals surface area contributed by atoms with Gasteiger partial charge in [0.2, 0.25) is 0 Å². The molecule has 0 radical (unpaired) electrons. The van der Waals surface area contributed by atoms with E-state index in [4.69, 9.17) is 0 Å². The maximum Gasteiger partial charge on any atom is 0.269 e. The van der Waals surface area contributed by atoms with Gasteiger partial charge in [-0.05, 0) is 11.4 Å². The fraction of sp³-hybridized carbons (Fsp3) is 0.143. The fourth-order valence-corrected chi connectivity index (χ4v) is 0.917. The zero-order valence-corrected chi connectivity index (χ0v) is 7.90. The van der Waals surface area contributed by atoms with Crippen LogP contribution in [-0.4, -0.2) is 11.2 Å². The van der Waals surface area contributed by atoms with Crippen LogP contribution in [0, 0.1) is 10.1 Å². The lowest BCUT2D eigenvalue weighted by Crippen LogP contribution is -1.84. The highest BCUT2D eigenvalue weighted by Gasteiger charge is 2.06. The molecule has 0 amide bonds. The number of thiol groups is 1. The fourth-order valence-electron chi connectivity index (χ4n) is 0.591. The second-order valence-electron chi connectivity index (χ2n) is 2.27. The SMILES string of the molecule is C[SH]1NO1.O=[N+]([O-])c1ccccc1. The minimum absolute atomic E-state index is 0.120. The minimum atomic E-state index is -0.417. The standard InChI is InChI=1S/C6H5NO2.CH5NOS/c8-7(9)6-4-2-1-3-5-6;1-4-2-3-4/h1-5H;2,4H,1H3. The van der Waals surface area contributed by atoms with E-state index in [9.17, 15) is 10.1 Å². The average Bonchev–Trinajstić information content (AvgIpc) is 2.90. The largest absolute Gasteiger partial charge is 0.269 e. The molecule has 2 rings (SSSR count). The Kier molecular flexibility index (Phi) is 3.69. The first-order valence-electron chi connectivity index (χ1n) is 3.56. The van der Waals surface area contributed by atoms with Crippen molar-refractivity contribution in [3.05, 3.63) is 40.4 Å². The summed E-state index contributed by atoms with van der Waals surface area (Å²) in [7, 11) is 0. The summed E-state index contributed by atoms with van der Waals surface area (Å²) in [4.78, 5) is 12.3. The van der Waals surface area contributed by atoms with Gasteiger partial charge in [-0.3, -0.25) is 10.1 Å². The van der Waals surface area contributed by atoms with E-state index in [0.29, 0.717) is 0 Å². The number of rotatable bonds is 1. The van der Waals surface area contributed by atoms with Gasteiger partial charge < -0.3 is 0 Å². The number of para-hydroxylation sites is 1. The predicted molar refractivity (Wildman–Crippen MR) is 52.2 cm³/mol. The third kappa shape index (κ3) is 4.46. The molecule has 0 aliphatic carbocycles. The molecule has 1 aliphatic rings. The molecule has 1 heterocycles. The van der Waals surface area contributed by atoms with E-state index in [1.807, 2.05) is 6.26 Å². The van der Waals surface area contributed by atoms with Crippen molar-refractivity contribution in [2.24, 2.45) is 0 Å². The molecule has 1 fully saturated rings. The van der Waals surface area contributed by atoms with E-state index in [2.05, 4.69) is 9.17 Å². The number of hydrogen-bond acceptors (Lipinski definition) is 4. The number of nitro benzene ring substituents is 1. The molecule has 1 aromatic rings.